The van der Waals surface area contributed by atoms with Crippen molar-refractivity contribution in [2.75, 3.05) is 7.05 Å². The van der Waals surface area contributed by atoms with Crippen LogP contribution >= 0.6 is 0 Å². The van der Waals surface area contributed by atoms with Gasteiger partial charge in [-0.3, -0.25) is 5.41 Å². The average Bonchev–Trinajstić information content (AvgIpc) is 2.97. The molecule has 2 N–H and O–H groups in total. The van der Waals surface area contributed by atoms with Crippen molar-refractivity contribution in [2.24, 2.45) is 4.99 Å². The molecule has 0 amide bonds. The summed E-state index contributed by atoms with van der Waals surface area (Å²) in [6.07, 6.45) is 0. The number of nitrogens with one attached hydrogen (secondary N) is 2. The molecule has 0 atom stereocenters. The maximum atomic E-state index is 8.67. The molecular weight excluding hydrogens is 438 g/mol. The van der Waals surface area contributed by atoms with E-state index in [9.17, 15) is 0 Å². The number of aliphatic imine (C=N–C) groups is 1. The molecule has 3 nitrogen and oxygen atoms in total. The number of amidine groups is 2. The molecule has 3 heteroatoms. The number of hydrogen-bond acceptors (Lipinski definition) is 1. The zero-order valence-electron chi connectivity index (χ0n) is 20.1. The molecule has 0 spiro atoms. The normalized spacial score (nSPS) is 11.2. The van der Waals surface area contributed by atoms with E-state index < -0.39 is 0 Å². The second-order valence-electron chi connectivity index (χ2n) is 8.49. The van der Waals surface area contributed by atoms with E-state index in [1.807, 2.05) is 61.6 Å². The van der Waals surface area contributed by atoms with Gasteiger partial charge in [-0.05, 0) is 39.4 Å². The van der Waals surface area contributed by atoms with Gasteiger partial charge in [-0.1, -0.05) is 127 Å². The SMILES string of the molecule is CN/C(=N\C(=N)c1cccc(-c2ccccc2-c2ccc(-c3ccccc3)cc2)c1)c1ccccc1. The highest BCUT2D eigenvalue weighted by Gasteiger charge is 2.10. The molecule has 0 fully saturated rings. The predicted molar refractivity (Wildman–Crippen MR) is 152 cm³/mol. The molecule has 0 heterocycles. The second kappa shape index (κ2) is 10.7. The molecule has 0 aliphatic rings. The third-order valence-corrected chi connectivity index (χ3v) is 6.18. The third kappa shape index (κ3) is 5.01. The smallest absolute Gasteiger partial charge is 0.154 e. The van der Waals surface area contributed by atoms with Gasteiger partial charge in [-0.25, -0.2) is 4.99 Å². The molecule has 0 aliphatic heterocycles. The Morgan fingerprint density at radius 3 is 1.69 bits per heavy atom. The van der Waals surface area contributed by atoms with Crippen LogP contribution in [0.4, 0.5) is 0 Å². The highest BCUT2D eigenvalue weighted by Crippen LogP contribution is 2.33. The first-order valence-electron chi connectivity index (χ1n) is 12.0. The molecule has 0 saturated heterocycles. The van der Waals surface area contributed by atoms with Gasteiger partial charge in [-0.2, -0.15) is 0 Å². The molecule has 0 unspecified atom stereocenters. The van der Waals surface area contributed by atoms with Crippen LogP contribution in [0.2, 0.25) is 0 Å². The Labute approximate surface area is 212 Å². The maximum Gasteiger partial charge on any atom is 0.154 e. The predicted octanol–water partition coefficient (Wildman–Crippen LogP) is 7.68. The zero-order chi connectivity index (χ0) is 24.7. The summed E-state index contributed by atoms with van der Waals surface area (Å²) in [4.78, 5) is 4.58. The monoisotopic (exact) mass is 465 g/mol. The van der Waals surface area contributed by atoms with Crippen molar-refractivity contribution >= 4 is 11.7 Å². The molecular formula is C33H27N3. The fourth-order valence-electron chi connectivity index (χ4n) is 4.33. The van der Waals surface area contributed by atoms with Crippen LogP contribution in [-0.4, -0.2) is 18.7 Å². The lowest BCUT2D eigenvalue weighted by atomic mass is 9.92. The van der Waals surface area contributed by atoms with E-state index in [2.05, 4.69) is 89.2 Å². The Bertz CT molecular complexity index is 1500. The highest BCUT2D eigenvalue weighted by atomic mass is 15.0. The summed E-state index contributed by atoms with van der Waals surface area (Å²) >= 11 is 0. The van der Waals surface area contributed by atoms with E-state index in [4.69, 9.17) is 5.41 Å². The minimum atomic E-state index is 0.217. The summed E-state index contributed by atoms with van der Waals surface area (Å²) in [5.74, 6) is 0.889. The Morgan fingerprint density at radius 1 is 0.528 bits per heavy atom. The largest absolute Gasteiger partial charge is 0.373 e. The third-order valence-electron chi connectivity index (χ3n) is 6.18. The van der Waals surface area contributed by atoms with Gasteiger partial charge in [0, 0.05) is 18.2 Å². The van der Waals surface area contributed by atoms with Crippen molar-refractivity contribution in [3.05, 3.63) is 145 Å². The van der Waals surface area contributed by atoms with Gasteiger partial charge < -0.3 is 5.32 Å². The minimum absolute atomic E-state index is 0.217. The summed E-state index contributed by atoms with van der Waals surface area (Å²) in [7, 11) is 1.83. The first kappa shape index (κ1) is 23.0. The summed E-state index contributed by atoms with van der Waals surface area (Å²) in [6.45, 7) is 0. The lowest BCUT2D eigenvalue weighted by Gasteiger charge is -2.12. The second-order valence-corrected chi connectivity index (χ2v) is 8.49. The van der Waals surface area contributed by atoms with Crippen LogP contribution in [0.25, 0.3) is 33.4 Å². The van der Waals surface area contributed by atoms with Crippen molar-refractivity contribution in [2.45, 2.75) is 0 Å². The van der Waals surface area contributed by atoms with Crippen molar-refractivity contribution in [1.29, 1.82) is 5.41 Å². The number of hydrogen-bond donors (Lipinski definition) is 2. The van der Waals surface area contributed by atoms with Crippen LogP contribution in [0, 0.1) is 5.41 Å². The standard InChI is InChI=1S/C33H27N3/c1-35-33(27-13-6-3-7-14-27)36-32(34)29-16-10-15-28(23-29)31-18-9-8-17-30(31)26-21-19-25(20-22-26)24-11-4-2-5-12-24/h2-23H,1H3,(H2,34,35,36). The van der Waals surface area contributed by atoms with E-state index in [1.54, 1.807) is 0 Å². The fraction of sp³-hybridized carbons (Fsp3) is 0.0303. The Kier molecular flexibility index (Phi) is 6.81. The van der Waals surface area contributed by atoms with Gasteiger partial charge in [0.25, 0.3) is 0 Å². The Morgan fingerprint density at radius 2 is 1.03 bits per heavy atom. The van der Waals surface area contributed by atoms with Crippen LogP contribution < -0.4 is 5.32 Å². The number of nitrogens with zero attached hydrogens (tertiary/aromatic N) is 1. The summed E-state index contributed by atoms with van der Waals surface area (Å²) in [5.41, 5.74) is 8.62. The first-order chi connectivity index (χ1) is 17.7. The van der Waals surface area contributed by atoms with Crippen LogP contribution in [-0.2, 0) is 0 Å². The average molecular weight is 466 g/mol. The van der Waals surface area contributed by atoms with Crippen LogP contribution in [0.5, 0.6) is 0 Å². The molecule has 0 bridgehead atoms. The quantitative estimate of drug-likeness (QED) is 0.203. The van der Waals surface area contributed by atoms with Gasteiger partial charge >= 0.3 is 0 Å². The van der Waals surface area contributed by atoms with E-state index in [-0.39, 0.29) is 5.84 Å². The molecule has 5 rings (SSSR count). The fourth-order valence-corrected chi connectivity index (χ4v) is 4.33. The van der Waals surface area contributed by atoms with Gasteiger partial charge in [-0.15, -0.1) is 0 Å². The van der Waals surface area contributed by atoms with Gasteiger partial charge in [0.1, 0.15) is 5.84 Å². The molecule has 0 aliphatic carbocycles. The zero-order valence-corrected chi connectivity index (χ0v) is 20.1. The molecule has 0 aromatic heterocycles. The Balaban J connectivity index is 1.47. The summed E-state index contributed by atoms with van der Waals surface area (Å²) < 4.78 is 0. The van der Waals surface area contributed by atoms with Crippen molar-refractivity contribution in [3.8, 4) is 33.4 Å². The van der Waals surface area contributed by atoms with E-state index >= 15 is 0 Å². The lowest BCUT2D eigenvalue weighted by Crippen LogP contribution is -2.21. The molecule has 0 saturated carbocycles. The first-order valence-corrected chi connectivity index (χ1v) is 12.0. The molecule has 0 radical (unpaired) electrons. The summed E-state index contributed by atoms with van der Waals surface area (Å²) in [6, 6.07) is 45.5. The van der Waals surface area contributed by atoms with Crippen molar-refractivity contribution < 1.29 is 0 Å². The van der Waals surface area contributed by atoms with E-state index in [0.29, 0.717) is 5.84 Å². The Hall–Kier alpha value is -4.76. The molecule has 174 valence electrons. The van der Waals surface area contributed by atoms with Gasteiger partial charge in [0.05, 0.1) is 0 Å². The van der Waals surface area contributed by atoms with Crippen molar-refractivity contribution in [3.63, 3.8) is 0 Å². The van der Waals surface area contributed by atoms with Crippen LogP contribution in [0.1, 0.15) is 11.1 Å². The summed E-state index contributed by atoms with van der Waals surface area (Å²) in [5, 5.41) is 11.8. The van der Waals surface area contributed by atoms with Crippen LogP contribution in [0.3, 0.4) is 0 Å². The lowest BCUT2D eigenvalue weighted by molar-refractivity contribution is 1.16. The molecule has 5 aromatic rings. The maximum absolute atomic E-state index is 8.67. The minimum Gasteiger partial charge on any atom is -0.373 e. The van der Waals surface area contributed by atoms with Crippen LogP contribution in [0.15, 0.2) is 138 Å². The molecule has 5 aromatic carbocycles. The van der Waals surface area contributed by atoms with E-state index in [0.717, 1.165) is 33.4 Å². The van der Waals surface area contributed by atoms with Gasteiger partial charge in [0.15, 0.2) is 5.84 Å². The molecule has 36 heavy (non-hydrogen) atoms. The van der Waals surface area contributed by atoms with Gasteiger partial charge in [0.2, 0.25) is 0 Å². The van der Waals surface area contributed by atoms with Crippen molar-refractivity contribution in [1.82, 2.24) is 5.32 Å². The number of benzene rings is 5. The topological polar surface area (TPSA) is 48.2 Å². The van der Waals surface area contributed by atoms with E-state index in [1.165, 1.54) is 11.1 Å². The number of rotatable bonds is 5. The highest BCUT2D eigenvalue weighted by molar-refractivity contribution is 6.10.